The van der Waals surface area contributed by atoms with Crippen molar-refractivity contribution >= 4 is 17.6 Å². The molecule has 33 heavy (non-hydrogen) atoms. The van der Waals surface area contributed by atoms with E-state index in [-0.39, 0.29) is 11.9 Å². The first-order valence-electron chi connectivity index (χ1n) is 13.3. The molecule has 5 heteroatoms. The molecule has 2 fully saturated rings. The number of benzene rings is 1. The van der Waals surface area contributed by atoms with Gasteiger partial charge in [0, 0.05) is 43.6 Å². The molecule has 5 nitrogen and oxygen atoms in total. The van der Waals surface area contributed by atoms with Crippen molar-refractivity contribution in [1.29, 1.82) is 0 Å². The highest BCUT2D eigenvalue weighted by molar-refractivity contribution is 5.92. The van der Waals surface area contributed by atoms with E-state index in [4.69, 9.17) is 4.74 Å². The van der Waals surface area contributed by atoms with Crippen LogP contribution in [-0.4, -0.2) is 49.6 Å². The zero-order valence-electron chi connectivity index (χ0n) is 20.6. The smallest absolute Gasteiger partial charge is 0.305 e. The molecule has 0 N–H and O–H groups in total. The second kappa shape index (κ2) is 11.5. The third-order valence-electron chi connectivity index (χ3n) is 8.47. The van der Waals surface area contributed by atoms with Crippen LogP contribution in [-0.2, 0) is 14.3 Å². The van der Waals surface area contributed by atoms with Crippen molar-refractivity contribution in [2.24, 2.45) is 5.92 Å². The summed E-state index contributed by atoms with van der Waals surface area (Å²) < 4.78 is 5.86. The second-order valence-corrected chi connectivity index (χ2v) is 10.5. The van der Waals surface area contributed by atoms with Gasteiger partial charge in [-0.25, -0.2) is 0 Å². The lowest BCUT2D eigenvalue weighted by Gasteiger charge is -2.43. The van der Waals surface area contributed by atoms with Crippen LogP contribution in [0.1, 0.15) is 95.0 Å². The van der Waals surface area contributed by atoms with E-state index in [1.807, 2.05) is 11.9 Å². The predicted octanol–water partition coefficient (Wildman–Crippen LogP) is 5.67. The van der Waals surface area contributed by atoms with Crippen molar-refractivity contribution in [3.05, 3.63) is 29.8 Å². The van der Waals surface area contributed by atoms with Gasteiger partial charge < -0.3 is 14.5 Å². The van der Waals surface area contributed by atoms with Crippen LogP contribution in [0.15, 0.2) is 24.3 Å². The number of esters is 1. The Kier molecular flexibility index (Phi) is 8.45. The average Bonchev–Trinajstić information content (AvgIpc) is 3.06. The largest absolute Gasteiger partial charge is 0.465 e. The maximum atomic E-state index is 12.7. The summed E-state index contributed by atoms with van der Waals surface area (Å²) in [6, 6.07) is 9.69. The molecule has 1 amide bonds. The van der Waals surface area contributed by atoms with Gasteiger partial charge in [0.25, 0.3) is 0 Å². The van der Waals surface area contributed by atoms with Crippen LogP contribution in [0.3, 0.4) is 0 Å². The minimum Gasteiger partial charge on any atom is -0.465 e. The van der Waals surface area contributed by atoms with E-state index in [0.717, 1.165) is 37.8 Å². The van der Waals surface area contributed by atoms with E-state index in [0.29, 0.717) is 43.4 Å². The molecule has 1 aromatic rings. The van der Waals surface area contributed by atoms with Crippen LogP contribution in [0, 0.1) is 5.92 Å². The number of hydrogen-bond donors (Lipinski definition) is 0. The highest BCUT2D eigenvalue weighted by atomic mass is 16.5. The van der Waals surface area contributed by atoms with Crippen molar-refractivity contribution in [3.8, 4) is 0 Å². The van der Waals surface area contributed by atoms with Gasteiger partial charge in [-0.3, -0.25) is 9.59 Å². The lowest BCUT2D eigenvalue weighted by atomic mass is 9.76. The molecule has 5 rings (SSSR count). The number of amides is 1. The van der Waals surface area contributed by atoms with Crippen molar-refractivity contribution < 1.29 is 14.3 Å². The van der Waals surface area contributed by atoms with Gasteiger partial charge in [-0.1, -0.05) is 50.7 Å². The zero-order chi connectivity index (χ0) is 23.2. The Balaban J connectivity index is 1.50. The summed E-state index contributed by atoms with van der Waals surface area (Å²) in [4.78, 5) is 29.5. The average molecular weight is 455 g/mol. The molecule has 0 aliphatic carbocycles. The lowest BCUT2D eigenvalue weighted by Crippen LogP contribution is -2.47. The standard InChI is InChI=1S/C28H42N2O3/c1-29-23-17-18-26(29)25-20-33-28(32)12-10-8-6-4-3-5-7-9-11-27(31)30(2)22-15-13-21(14-16-22)24(25)19-23/h13-16,23-26H,3-12,17-20H2,1-2H3/t23-,24+,25-,26+/m0/s1. The quantitative estimate of drug-likeness (QED) is 0.474. The maximum absolute atomic E-state index is 12.7. The number of fused-ring (bicyclic) bond motifs is 18. The normalized spacial score (nSPS) is 31.0. The Hall–Kier alpha value is -1.88. The van der Waals surface area contributed by atoms with Gasteiger partial charge >= 0.3 is 5.97 Å². The van der Waals surface area contributed by atoms with Gasteiger partial charge in [0.1, 0.15) is 0 Å². The van der Waals surface area contributed by atoms with Gasteiger partial charge in [-0.15, -0.1) is 0 Å². The zero-order valence-corrected chi connectivity index (χ0v) is 20.6. The molecule has 0 spiro atoms. The summed E-state index contributed by atoms with van der Waals surface area (Å²) in [5.74, 6) is 0.904. The predicted molar refractivity (Wildman–Crippen MR) is 132 cm³/mol. The van der Waals surface area contributed by atoms with Crippen LogP contribution >= 0.6 is 0 Å². The molecular formula is C28H42N2O3. The van der Waals surface area contributed by atoms with Crippen molar-refractivity contribution in [3.63, 3.8) is 0 Å². The summed E-state index contributed by atoms with van der Waals surface area (Å²) in [6.07, 6.45) is 13.6. The molecule has 0 unspecified atom stereocenters. The third kappa shape index (κ3) is 5.98. The van der Waals surface area contributed by atoms with E-state index in [1.54, 1.807) is 0 Å². The fraction of sp³-hybridized carbons (Fsp3) is 0.714. The minimum atomic E-state index is -0.0297. The lowest BCUT2D eigenvalue weighted by molar-refractivity contribution is -0.146. The minimum absolute atomic E-state index is 0.0297. The van der Waals surface area contributed by atoms with E-state index >= 15 is 0 Å². The Labute approximate surface area is 199 Å². The van der Waals surface area contributed by atoms with E-state index in [2.05, 4.69) is 36.2 Å². The Morgan fingerprint density at radius 1 is 0.818 bits per heavy atom. The topological polar surface area (TPSA) is 49.9 Å². The number of nitrogens with zero attached hydrogens (tertiary/aromatic N) is 2. The molecule has 4 atom stereocenters. The first-order valence-corrected chi connectivity index (χ1v) is 13.3. The molecule has 2 saturated heterocycles. The monoisotopic (exact) mass is 454 g/mol. The maximum Gasteiger partial charge on any atom is 0.305 e. The first kappa shape index (κ1) is 24.3. The van der Waals surface area contributed by atoms with Gasteiger partial charge in [0.2, 0.25) is 5.91 Å². The summed E-state index contributed by atoms with van der Waals surface area (Å²) in [5.41, 5.74) is 2.28. The second-order valence-electron chi connectivity index (χ2n) is 10.5. The van der Waals surface area contributed by atoms with Crippen molar-refractivity contribution in [1.82, 2.24) is 4.90 Å². The number of carbonyl (C=O) groups is 2. The van der Waals surface area contributed by atoms with Crippen LogP contribution in [0.25, 0.3) is 0 Å². The van der Waals surface area contributed by atoms with Gasteiger partial charge in [0.05, 0.1) is 6.61 Å². The summed E-state index contributed by atoms with van der Waals surface area (Å²) in [6.45, 7) is 0.519. The van der Waals surface area contributed by atoms with Crippen LogP contribution in [0.5, 0.6) is 0 Å². The molecule has 0 aromatic heterocycles. The van der Waals surface area contributed by atoms with Crippen molar-refractivity contribution in [2.45, 2.75) is 101 Å². The SMILES string of the molecule is CN1C(=O)CCCCCCCCCCC(=O)OC[C@H]2[C@H](C[C@@H]3CC[C@H]2N3C)c2ccc1cc2. The number of rotatable bonds is 0. The molecule has 4 aliphatic rings. The molecular weight excluding hydrogens is 412 g/mol. The van der Waals surface area contributed by atoms with Gasteiger partial charge in [0.15, 0.2) is 0 Å². The third-order valence-corrected chi connectivity index (χ3v) is 8.47. The number of piperidine rings is 1. The van der Waals surface area contributed by atoms with Crippen LogP contribution in [0.2, 0.25) is 0 Å². The molecule has 0 radical (unpaired) electrons. The van der Waals surface area contributed by atoms with Gasteiger partial charge in [-0.05, 0) is 62.8 Å². The fourth-order valence-electron chi connectivity index (χ4n) is 6.31. The van der Waals surface area contributed by atoms with E-state index in [1.165, 1.54) is 44.1 Å². The molecule has 182 valence electrons. The summed E-state index contributed by atoms with van der Waals surface area (Å²) in [5, 5.41) is 0. The highest BCUT2D eigenvalue weighted by Gasteiger charge is 2.46. The molecule has 0 saturated carbocycles. The summed E-state index contributed by atoms with van der Waals surface area (Å²) >= 11 is 0. The Bertz CT molecular complexity index is 793. The molecule has 4 bridgehead atoms. The highest BCUT2D eigenvalue weighted by Crippen LogP contribution is 2.46. The Morgan fingerprint density at radius 2 is 1.45 bits per heavy atom. The summed E-state index contributed by atoms with van der Waals surface area (Å²) in [7, 11) is 4.13. The number of ether oxygens (including phenoxy) is 1. The van der Waals surface area contributed by atoms with Crippen LogP contribution in [0.4, 0.5) is 5.69 Å². The Morgan fingerprint density at radius 3 is 2.15 bits per heavy atom. The van der Waals surface area contributed by atoms with E-state index < -0.39 is 0 Å². The van der Waals surface area contributed by atoms with Crippen LogP contribution < -0.4 is 4.90 Å². The number of carbonyl (C=O) groups excluding carboxylic acids is 2. The van der Waals surface area contributed by atoms with Gasteiger partial charge in [-0.2, -0.15) is 0 Å². The van der Waals surface area contributed by atoms with E-state index in [9.17, 15) is 9.59 Å². The molecule has 4 heterocycles. The number of anilines is 1. The first-order chi connectivity index (χ1) is 16.0. The fourth-order valence-corrected chi connectivity index (χ4v) is 6.31. The molecule has 1 aromatic carbocycles. The molecule has 4 aliphatic heterocycles. The number of hydrogen-bond acceptors (Lipinski definition) is 4. The van der Waals surface area contributed by atoms with Crippen molar-refractivity contribution in [2.75, 3.05) is 25.6 Å².